The van der Waals surface area contributed by atoms with Gasteiger partial charge in [0, 0.05) is 59.1 Å². The second kappa shape index (κ2) is 12.2. The minimum atomic E-state index is -0.0572. The van der Waals surface area contributed by atoms with Crippen molar-refractivity contribution < 1.29 is 14.3 Å². The van der Waals surface area contributed by atoms with Crippen LogP contribution < -0.4 is 10.6 Å². The number of rotatable bonds is 7. The van der Waals surface area contributed by atoms with E-state index < -0.39 is 0 Å². The summed E-state index contributed by atoms with van der Waals surface area (Å²) in [5.41, 5.74) is 1.13. The molecule has 31 heavy (non-hydrogen) atoms. The number of hydrogen-bond acceptors (Lipinski definition) is 4. The average Bonchev–Trinajstić information content (AvgIpc) is 3.36. The Morgan fingerprint density at radius 3 is 2.58 bits per heavy atom. The predicted molar refractivity (Wildman–Crippen MR) is 131 cm³/mol. The third-order valence-electron chi connectivity index (χ3n) is 5.82. The van der Waals surface area contributed by atoms with Crippen molar-refractivity contribution in [3.63, 3.8) is 0 Å². The molecule has 3 rings (SSSR count). The van der Waals surface area contributed by atoms with Gasteiger partial charge in [-0.15, -0.1) is 24.0 Å². The van der Waals surface area contributed by atoms with E-state index in [9.17, 15) is 9.59 Å². The molecule has 0 aromatic heterocycles. The van der Waals surface area contributed by atoms with Gasteiger partial charge < -0.3 is 25.2 Å². The van der Waals surface area contributed by atoms with Crippen molar-refractivity contribution in [2.45, 2.75) is 18.9 Å². The normalized spacial score (nSPS) is 23.5. The van der Waals surface area contributed by atoms with Gasteiger partial charge in [-0.25, -0.2) is 4.99 Å². The van der Waals surface area contributed by atoms with Crippen LogP contribution in [0.5, 0.6) is 0 Å². The molecule has 2 heterocycles. The zero-order valence-corrected chi connectivity index (χ0v) is 20.9. The highest BCUT2D eigenvalue weighted by Gasteiger charge is 2.38. The molecule has 0 saturated carbocycles. The quantitative estimate of drug-likeness (QED) is 0.309. The number of carbonyl (C=O) groups is 2. The fourth-order valence-corrected chi connectivity index (χ4v) is 3.96. The SMILES string of the molecule is CN(C)C(=O)CN=C(NCC1CCOC1)NCC1CC(=O)N(C)C1c1ccccc1.I. The molecule has 172 valence electrons. The first-order chi connectivity index (χ1) is 14.5. The van der Waals surface area contributed by atoms with Crippen LogP contribution in [0.4, 0.5) is 0 Å². The van der Waals surface area contributed by atoms with E-state index in [2.05, 4.69) is 27.8 Å². The van der Waals surface area contributed by atoms with Crippen LogP contribution in [0.1, 0.15) is 24.4 Å². The van der Waals surface area contributed by atoms with Gasteiger partial charge in [-0.3, -0.25) is 9.59 Å². The van der Waals surface area contributed by atoms with E-state index in [-0.39, 0.29) is 54.3 Å². The zero-order chi connectivity index (χ0) is 21.5. The Morgan fingerprint density at radius 2 is 1.94 bits per heavy atom. The van der Waals surface area contributed by atoms with Crippen LogP contribution in [-0.2, 0) is 14.3 Å². The van der Waals surface area contributed by atoms with Crippen molar-refractivity contribution >= 4 is 41.8 Å². The van der Waals surface area contributed by atoms with Gasteiger partial charge in [-0.2, -0.15) is 0 Å². The molecule has 2 aliphatic heterocycles. The first-order valence-electron chi connectivity index (χ1n) is 10.6. The summed E-state index contributed by atoms with van der Waals surface area (Å²) in [6.07, 6.45) is 1.51. The second-order valence-electron chi connectivity index (χ2n) is 8.27. The Balaban J connectivity index is 0.00000341. The number of likely N-dealkylation sites (tertiary alicyclic amines) is 1. The molecule has 2 saturated heterocycles. The lowest BCUT2D eigenvalue weighted by Gasteiger charge is -2.26. The van der Waals surface area contributed by atoms with E-state index in [0.717, 1.165) is 31.7 Å². The summed E-state index contributed by atoms with van der Waals surface area (Å²) in [6.45, 7) is 2.96. The first kappa shape index (κ1) is 25.4. The monoisotopic (exact) mass is 543 g/mol. The van der Waals surface area contributed by atoms with Crippen molar-refractivity contribution in [2.24, 2.45) is 16.8 Å². The number of benzene rings is 1. The van der Waals surface area contributed by atoms with Crippen molar-refractivity contribution in [3.8, 4) is 0 Å². The van der Waals surface area contributed by atoms with Crippen molar-refractivity contribution in [1.29, 1.82) is 0 Å². The average molecular weight is 543 g/mol. The van der Waals surface area contributed by atoms with Crippen LogP contribution in [0.25, 0.3) is 0 Å². The lowest BCUT2D eigenvalue weighted by molar-refractivity contribution is -0.128. The minimum Gasteiger partial charge on any atom is -0.381 e. The van der Waals surface area contributed by atoms with E-state index in [1.165, 1.54) is 4.90 Å². The summed E-state index contributed by atoms with van der Waals surface area (Å²) >= 11 is 0. The van der Waals surface area contributed by atoms with Gasteiger partial charge in [0.25, 0.3) is 0 Å². The van der Waals surface area contributed by atoms with E-state index >= 15 is 0 Å². The number of hydrogen-bond donors (Lipinski definition) is 2. The molecular formula is C22H34IN5O3. The number of amides is 2. The first-order valence-corrected chi connectivity index (χ1v) is 10.6. The second-order valence-corrected chi connectivity index (χ2v) is 8.27. The third-order valence-corrected chi connectivity index (χ3v) is 5.82. The molecule has 0 aliphatic carbocycles. The summed E-state index contributed by atoms with van der Waals surface area (Å²) in [4.78, 5) is 32.2. The maximum atomic E-state index is 12.4. The molecule has 2 fully saturated rings. The summed E-state index contributed by atoms with van der Waals surface area (Å²) in [6, 6.07) is 10.1. The Bertz CT molecular complexity index is 753. The van der Waals surface area contributed by atoms with E-state index in [0.29, 0.717) is 24.8 Å². The Hall–Kier alpha value is -1.88. The van der Waals surface area contributed by atoms with Gasteiger partial charge in [0.1, 0.15) is 6.54 Å². The standard InChI is InChI=1S/C22H33N5O3.HI/c1-26(2)20(29)14-25-22(23-12-16-9-10-30-15-16)24-13-18-11-19(28)27(3)21(18)17-7-5-4-6-8-17;/h4-8,16,18,21H,9-15H2,1-3H3,(H2,23,24,25);1H. The van der Waals surface area contributed by atoms with E-state index in [4.69, 9.17) is 4.74 Å². The molecule has 1 aromatic carbocycles. The van der Waals surface area contributed by atoms with Crippen molar-refractivity contribution in [3.05, 3.63) is 35.9 Å². The number of nitrogens with one attached hydrogen (secondary N) is 2. The van der Waals surface area contributed by atoms with Crippen LogP contribution in [0, 0.1) is 11.8 Å². The number of halogens is 1. The number of guanidine groups is 1. The highest BCUT2D eigenvalue weighted by molar-refractivity contribution is 14.0. The highest BCUT2D eigenvalue weighted by Crippen LogP contribution is 2.36. The van der Waals surface area contributed by atoms with Crippen LogP contribution >= 0.6 is 24.0 Å². The number of likely N-dealkylation sites (N-methyl/N-ethyl adjacent to an activating group) is 1. The van der Waals surface area contributed by atoms with Gasteiger partial charge >= 0.3 is 0 Å². The molecule has 3 unspecified atom stereocenters. The van der Waals surface area contributed by atoms with E-state index in [1.54, 1.807) is 14.1 Å². The number of carbonyl (C=O) groups excluding carboxylic acids is 2. The molecule has 0 bridgehead atoms. The maximum absolute atomic E-state index is 12.4. The largest absolute Gasteiger partial charge is 0.381 e. The number of ether oxygens (including phenoxy) is 1. The van der Waals surface area contributed by atoms with Gasteiger partial charge in [0.2, 0.25) is 11.8 Å². The smallest absolute Gasteiger partial charge is 0.243 e. The predicted octanol–water partition coefficient (Wildman–Crippen LogP) is 1.48. The highest BCUT2D eigenvalue weighted by atomic mass is 127. The maximum Gasteiger partial charge on any atom is 0.243 e. The van der Waals surface area contributed by atoms with Crippen molar-refractivity contribution in [2.75, 3.05) is 54.0 Å². The van der Waals surface area contributed by atoms with Gasteiger partial charge in [0.05, 0.1) is 12.6 Å². The molecule has 2 aliphatic rings. The number of aliphatic imine (C=N–C) groups is 1. The topological polar surface area (TPSA) is 86.3 Å². The molecule has 8 nitrogen and oxygen atoms in total. The molecule has 2 N–H and O–H groups in total. The summed E-state index contributed by atoms with van der Waals surface area (Å²) in [7, 11) is 5.31. The van der Waals surface area contributed by atoms with E-state index in [1.807, 2.05) is 30.1 Å². The summed E-state index contributed by atoms with van der Waals surface area (Å²) < 4.78 is 5.44. The summed E-state index contributed by atoms with van der Waals surface area (Å²) in [5, 5.41) is 6.72. The number of nitrogens with zero attached hydrogens (tertiary/aromatic N) is 3. The molecule has 9 heteroatoms. The molecule has 0 radical (unpaired) electrons. The molecule has 1 aromatic rings. The Morgan fingerprint density at radius 1 is 1.23 bits per heavy atom. The molecular weight excluding hydrogens is 509 g/mol. The zero-order valence-electron chi connectivity index (χ0n) is 18.5. The summed E-state index contributed by atoms with van der Waals surface area (Å²) in [5.74, 6) is 1.26. The minimum absolute atomic E-state index is 0. The molecule has 0 spiro atoms. The molecule has 3 atom stereocenters. The lowest BCUT2D eigenvalue weighted by atomic mass is 9.94. The van der Waals surface area contributed by atoms with Gasteiger partial charge in [0.15, 0.2) is 5.96 Å². The Kier molecular flexibility index (Phi) is 10.0. The van der Waals surface area contributed by atoms with Gasteiger partial charge in [-0.1, -0.05) is 30.3 Å². The fraction of sp³-hybridized carbons (Fsp3) is 0.591. The Labute approximate surface area is 201 Å². The van der Waals surface area contributed by atoms with Crippen LogP contribution in [0.2, 0.25) is 0 Å². The fourth-order valence-electron chi connectivity index (χ4n) is 3.96. The van der Waals surface area contributed by atoms with Crippen LogP contribution in [-0.4, -0.2) is 81.6 Å². The third kappa shape index (κ3) is 7.06. The van der Waals surface area contributed by atoms with Crippen molar-refractivity contribution in [1.82, 2.24) is 20.4 Å². The molecule has 2 amide bonds. The van der Waals surface area contributed by atoms with Gasteiger partial charge in [-0.05, 0) is 12.0 Å². The van der Waals surface area contributed by atoms with Crippen LogP contribution in [0.3, 0.4) is 0 Å². The lowest BCUT2D eigenvalue weighted by Crippen LogP contribution is -2.43. The van der Waals surface area contributed by atoms with Crippen LogP contribution in [0.15, 0.2) is 35.3 Å².